The number of nitrogens with zero attached hydrogens (tertiary/aromatic N) is 1. The number of hydrogen-bond donors (Lipinski definition) is 0. The molecule has 0 bridgehead atoms. The molecule has 0 saturated carbocycles. The molecule has 0 spiro atoms. The Morgan fingerprint density at radius 3 is 2.92 bits per heavy atom. The summed E-state index contributed by atoms with van der Waals surface area (Å²) >= 11 is 5.86. The van der Waals surface area contributed by atoms with Gasteiger partial charge in [-0.05, 0) is 10.5 Å². The molecule has 1 aromatic heterocycles. The van der Waals surface area contributed by atoms with Crippen LogP contribution in [0.15, 0.2) is 30.5 Å². The smallest absolute Gasteiger partial charge is 0.0240 e. The number of pyridine rings is 1. The van der Waals surface area contributed by atoms with Gasteiger partial charge in [0.2, 0.25) is 0 Å². The number of aromatic nitrogens is 1. The van der Waals surface area contributed by atoms with Crippen molar-refractivity contribution in [3.05, 3.63) is 41.6 Å². The molecule has 0 aliphatic rings. The van der Waals surface area contributed by atoms with Crippen molar-refractivity contribution in [3.8, 4) is 0 Å². The van der Waals surface area contributed by atoms with Crippen LogP contribution in [-0.4, -0.2) is 4.98 Å². The van der Waals surface area contributed by atoms with E-state index in [-0.39, 0.29) is 32.7 Å². The van der Waals surface area contributed by atoms with Crippen molar-refractivity contribution in [2.75, 3.05) is 0 Å². The van der Waals surface area contributed by atoms with E-state index >= 15 is 0 Å². The van der Waals surface area contributed by atoms with Crippen molar-refractivity contribution in [2.24, 2.45) is 0 Å². The maximum Gasteiger partial charge on any atom is 0.0240 e. The van der Waals surface area contributed by atoms with E-state index in [4.69, 9.17) is 11.6 Å². The summed E-state index contributed by atoms with van der Waals surface area (Å²) in [5.74, 6) is 0. The van der Waals surface area contributed by atoms with Gasteiger partial charge < -0.3 is 0 Å². The van der Waals surface area contributed by atoms with Crippen LogP contribution in [0, 0.1) is 6.07 Å². The van der Waals surface area contributed by atoms with Crippen LogP contribution in [0.25, 0.3) is 10.9 Å². The van der Waals surface area contributed by atoms with Crippen LogP contribution >= 0.6 is 11.6 Å². The number of rotatable bonds is 0. The van der Waals surface area contributed by atoms with Gasteiger partial charge in [-0.2, -0.15) is 29.8 Å². The standard InChI is InChI=1S/C9H5ClN.Y/c10-8-5-1-3-7-4-2-6-11-9(7)8;/h2-6H;/q-1;. The number of fused-ring (bicyclic) bond motifs is 1. The van der Waals surface area contributed by atoms with Crippen molar-refractivity contribution in [2.45, 2.75) is 0 Å². The van der Waals surface area contributed by atoms with Crippen molar-refractivity contribution >= 4 is 22.5 Å². The molecule has 12 heavy (non-hydrogen) atoms. The van der Waals surface area contributed by atoms with Gasteiger partial charge in [0.15, 0.2) is 0 Å². The maximum absolute atomic E-state index is 5.86. The number of hydrogen-bond acceptors (Lipinski definition) is 1. The predicted molar refractivity (Wildman–Crippen MR) is 45.6 cm³/mol. The Morgan fingerprint density at radius 1 is 1.33 bits per heavy atom. The Labute approximate surface area is 101 Å². The first kappa shape index (κ1) is 10.1. The van der Waals surface area contributed by atoms with Crippen LogP contribution < -0.4 is 0 Å². The minimum atomic E-state index is 0. The van der Waals surface area contributed by atoms with E-state index in [9.17, 15) is 0 Å². The van der Waals surface area contributed by atoms with Crippen molar-refractivity contribution in [3.63, 3.8) is 0 Å². The van der Waals surface area contributed by atoms with E-state index in [0.29, 0.717) is 5.02 Å². The Hall–Kier alpha value is 0.0239. The first-order chi connectivity index (χ1) is 5.38. The average molecular weight is 252 g/mol. The second-order valence-electron chi connectivity index (χ2n) is 2.24. The molecule has 0 fully saturated rings. The largest absolute Gasteiger partial charge is 0.281 e. The zero-order valence-corrected chi connectivity index (χ0v) is 9.88. The summed E-state index contributed by atoms with van der Waals surface area (Å²) in [7, 11) is 0. The molecule has 0 aliphatic carbocycles. The molecule has 0 N–H and O–H groups in total. The van der Waals surface area contributed by atoms with Crippen LogP contribution in [-0.2, 0) is 32.7 Å². The molecule has 57 valence electrons. The van der Waals surface area contributed by atoms with Gasteiger partial charge in [-0.1, -0.05) is 6.07 Å². The molecule has 0 saturated heterocycles. The third-order valence-electron chi connectivity index (χ3n) is 1.51. The predicted octanol–water partition coefficient (Wildman–Crippen LogP) is 2.69. The molecule has 1 radical (unpaired) electrons. The molecule has 3 heteroatoms. The van der Waals surface area contributed by atoms with Crippen LogP contribution in [0.4, 0.5) is 0 Å². The van der Waals surface area contributed by atoms with E-state index in [0.717, 1.165) is 10.9 Å². The van der Waals surface area contributed by atoms with Gasteiger partial charge in [-0.3, -0.25) is 4.98 Å². The van der Waals surface area contributed by atoms with Crippen LogP contribution in [0.1, 0.15) is 0 Å². The first-order valence-corrected chi connectivity index (χ1v) is 3.66. The quantitative estimate of drug-likeness (QED) is 0.656. The molecule has 0 unspecified atom stereocenters. The van der Waals surface area contributed by atoms with E-state index in [1.807, 2.05) is 18.2 Å². The van der Waals surface area contributed by atoms with Crippen molar-refractivity contribution in [1.29, 1.82) is 0 Å². The zero-order chi connectivity index (χ0) is 7.68. The van der Waals surface area contributed by atoms with E-state index < -0.39 is 0 Å². The number of halogens is 1. The second-order valence-corrected chi connectivity index (χ2v) is 2.65. The third kappa shape index (κ3) is 1.85. The molecule has 1 heterocycles. The molecule has 2 rings (SSSR count). The summed E-state index contributed by atoms with van der Waals surface area (Å²) < 4.78 is 0. The minimum Gasteiger partial charge on any atom is -0.281 e. The maximum atomic E-state index is 5.86. The Balaban J connectivity index is 0.000000720. The second kappa shape index (κ2) is 4.31. The Kier molecular flexibility index (Phi) is 3.63. The molecule has 0 aliphatic heterocycles. The first-order valence-electron chi connectivity index (χ1n) is 3.28. The SMILES string of the molecule is Clc1c[c-]cc2cccnc12.[Y]. The van der Waals surface area contributed by atoms with Crippen LogP contribution in [0.2, 0.25) is 5.02 Å². The molecular formula is C9H5ClNY-. The third-order valence-corrected chi connectivity index (χ3v) is 1.80. The molecular weight excluding hydrogens is 246 g/mol. The average Bonchev–Trinajstić information content (AvgIpc) is 2.06. The topological polar surface area (TPSA) is 12.9 Å². The van der Waals surface area contributed by atoms with Gasteiger partial charge in [0, 0.05) is 38.9 Å². The van der Waals surface area contributed by atoms with Gasteiger partial charge in [0.1, 0.15) is 0 Å². The molecule has 0 atom stereocenters. The van der Waals surface area contributed by atoms with E-state index in [2.05, 4.69) is 11.1 Å². The zero-order valence-electron chi connectivity index (χ0n) is 6.29. The minimum absolute atomic E-state index is 0. The normalized spacial score (nSPS) is 9.42. The Bertz CT molecular complexity index is 384. The summed E-state index contributed by atoms with van der Waals surface area (Å²) in [4.78, 5) is 4.13. The fourth-order valence-electron chi connectivity index (χ4n) is 1.01. The fourth-order valence-corrected chi connectivity index (χ4v) is 1.23. The summed E-state index contributed by atoms with van der Waals surface area (Å²) in [6.07, 6.45) is 1.73. The fraction of sp³-hybridized carbons (Fsp3) is 0. The molecule has 0 amide bonds. The summed E-state index contributed by atoms with van der Waals surface area (Å²) in [5.41, 5.74) is 0.841. The van der Waals surface area contributed by atoms with Gasteiger partial charge in [0.05, 0.1) is 0 Å². The monoisotopic (exact) mass is 251 g/mol. The van der Waals surface area contributed by atoms with Gasteiger partial charge in [-0.15, -0.1) is 11.5 Å². The summed E-state index contributed by atoms with van der Waals surface area (Å²) in [6, 6.07) is 10.4. The van der Waals surface area contributed by atoms with E-state index in [1.165, 1.54) is 0 Å². The summed E-state index contributed by atoms with van der Waals surface area (Å²) in [6.45, 7) is 0. The van der Waals surface area contributed by atoms with Gasteiger partial charge in [-0.25, -0.2) is 0 Å². The van der Waals surface area contributed by atoms with Gasteiger partial charge >= 0.3 is 0 Å². The number of benzene rings is 1. The van der Waals surface area contributed by atoms with Crippen LogP contribution in [0.5, 0.6) is 0 Å². The van der Waals surface area contributed by atoms with E-state index in [1.54, 1.807) is 12.3 Å². The molecule has 2 aromatic rings. The van der Waals surface area contributed by atoms with Crippen molar-refractivity contribution < 1.29 is 32.7 Å². The van der Waals surface area contributed by atoms with Crippen molar-refractivity contribution in [1.82, 2.24) is 4.98 Å². The van der Waals surface area contributed by atoms with Crippen LogP contribution in [0.3, 0.4) is 0 Å². The summed E-state index contributed by atoms with van der Waals surface area (Å²) in [5, 5.41) is 1.68. The molecule has 1 nitrogen and oxygen atoms in total. The Morgan fingerprint density at radius 2 is 2.17 bits per heavy atom. The molecule has 1 aromatic carbocycles. The van der Waals surface area contributed by atoms with Gasteiger partial charge in [0.25, 0.3) is 0 Å².